The number of carbonyl (C=O) groups is 1. The highest BCUT2D eigenvalue weighted by Crippen LogP contribution is 2.14. The first-order valence-electron chi connectivity index (χ1n) is 4.96. The van der Waals surface area contributed by atoms with Gasteiger partial charge < -0.3 is 5.32 Å². The van der Waals surface area contributed by atoms with Crippen LogP contribution in [0.4, 0.5) is 5.69 Å². The Morgan fingerprint density at radius 1 is 1.33 bits per heavy atom. The van der Waals surface area contributed by atoms with Crippen LogP contribution in [0.5, 0.6) is 0 Å². The maximum absolute atomic E-state index is 11.8. The van der Waals surface area contributed by atoms with E-state index in [0.717, 1.165) is 12.2 Å². The third kappa shape index (κ3) is 3.25. The van der Waals surface area contributed by atoms with Crippen LogP contribution in [0.25, 0.3) is 0 Å². The fraction of sp³-hybridized carbons (Fsp3) is 0.364. The van der Waals surface area contributed by atoms with Crippen LogP contribution in [0.3, 0.4) is 0 Å². The first-order valence-corrected chi connectivity index (χ1v) is 4.96. The third-order valence-corrected chi connectivity index (χ3v) is 1.86. The first-order chi connectivity index (χ1) is 7.15. The van der Waals surface area contributed by atoms with Crippen LogP contribution in [0.2, 0.25) is 0 Å². The molecule has 0 radical (unpaired) electrons. The number of hydrazine groups is 1. The lowest BCUT2D eigenvalue weighted by Gasteiger charge is -2.14. The lowest BCUT2D eigenvalue weighted by atomic mass is 10.1. The van der Waals surface area contributed by atoms with E-state index in [-0.39, 0.29) is 5.91 Å². The van der Waals surface area contributed by atoms with Crippen LogP contribution in [0.1, 0.15) is 17.3 Å². The molecule has 0 heterocycles. The number of nitrogens with one attached hydrogen (secondary N) is 2. The molecule has 0 bridgehead atoms. The molecular weight excluding hydrogens is 190 g/mol. The Morgan fingerprint density at radius 2 is 2.00 bits per heavy atom. The monoisotopic (exact) mass is 207 g/mol. The van der Waals surface area contributed by atoms with Crippen LogP contribution >= 0.6 is 0 Å². The summed E-state index contributed by atoms with van der Waals surface area (Å²) in [6.07, 6.45) is 0. The second kappa shape index (κ2) is 5.36. The summed E-state index contributed by atoms with van der Waals surface area (Å²) in [5, 5.41) is 4.78. The lowest BCUT2D eigenvalue weighted by Crippen LogP contribution is -2.36. The molecule has 15 heavy (non-hydrogen) atoms. The predicted molar refractivity (Wildman–Crippen MR) is 61.8 cm³/mol. The SMILES string of the molecule is CCNc1ccccc1C(=O)NN(C)C. The molecular formula is C11H17N3O. The van der Waals surface area contributed by atoms with Crippen molar-refractivity contribution in [2.75, 3.05) is 26.0 Å². The van der Waals surface area contributed by atoms with E-state index in [1.54, 1.807) is 25.2 Å². The highest BCUT2D eigenvalue weighted by Gasteiger charge is 2.09. The van der Waals surface area contributed by atoms with Gasteiger partial charge in [-0.15, -0.1) is 0 Å². The second-order valence-corrected chi connectivity index (χ2v) is 3.41. The van der Waals surface area contributed by atoms with E-state index in [9.17, 15) is 4.79 Å². The van der Waals surface area contributed by atoms with Gasteiger partial charge in [0, 0.05) is 26.3 Å². The van der Waals surface area contributed by atoms with Gasteiger partial charge in [-0.2, -0.15) is 0 Å². The van der Waals surface area contributed by atoms with Crippen molar-refractivity contribution in [1.82, 2.24) is 10.4 Å². The van der Waals surface area contributed by atoms with Gasteiger partial charge in [0.05, 0.1) is 5.56 Å². The summed E-state index contributed by atoms with van der Waals surface area (Å²) in [6.45, 7) is 2.80. The molecule has 0 atom stereocenters. The molecule has 0 unspecified atom stereocenters. The molecule has 1 rings (SSSR count). The summed E-state index contributed by atoms with van der Waals surface area (Å²) in [7, 11) is 3.57. The molecule has 82 valence electrons. The predicted octanol–water partition coefficient (Wildman–Crippen LogP) is 1.32. The molecule has 0 saturated heterocycles. The minimum Gasteiger partial charge on any atom is -0.385 e. The molecule has 1 aromatic carbocycles. The third-order valence-electron chi connectivity index (χ3n) is 1.86. The molecule has 0 aliphatic rings. The summed E-state index contributed by atoms with van der Waals surface area (Å²) in [6, 6.07) is 7.46. The number of anilines is 1. The van der Waals surface area contributed by atoms with Gasteiger partial charge in [-0.3, -0.25) is 10.2 Å². The van der Waals surface area contributed by atoms with Gasteiger partial charge >= 0.3 is 0 Å². The van der Waals surface area contributed by atoms with Crippen LogP contribution in [0, 0.1) is 0 Å². The zero-order chi connectivity index (χ0) is 11.3. The average Bonchev–Trinajstić information content (AvgIpc) is 2.18. The van der Waals surface area contributed by atoms with E-state index in [4.69, 9.17) is 0 Å². The molecule has 4 heteroatoms. The van der Waals surface area contributed by atoms with E-state index in [1.807, 2.05) is 25.1 Å². The first kappa shape index (κ1) is 11.5. The molecule has 2 N–H and O–H groups in total. The maximum atomic E-state index is 11.8. The maximum Gasteiger partial charge on any atom is 0.267 e. The highest BCUT2D eigenvalue weighted by atomic mass is 16.2. The molecule has 0 fully saturated rings. The van der Waals surface area contributed by atoms with Crippen molar-refractivity contribution in [1.29, 1.82) is 0 Å². The summed E-state index contributed by atoms with van der Waals surface area (Å²) in [5.74, 6) is -0.100. The summed E-state index contributed by atoms with van der Waals surface area (Å²) < 4.78 is 0. The van der Waals surface area contributed by atoms with Gasteiger partial charge in [-0.25, -0.2) is 5.01 Å². The molecule has 0 aromatic heterocycles. The summed E-state index contributed by atoms with van der Waals surface area (Å²) >= 11 is 0. The van der Waals surface area contributed by atoms with Gasteiger partial charge in [0.1, 0.15) is 0 Å². The van der Waals surface area contributed by atoms with Gasteiger partial charge in [-0.1, -0.05) is 12.1 Å². The van der Waals surface area contributed by atoms with Crippen molar-refractivity contribution in [2.45, 2.75) is 6.92 Å². The summed E-state index contributed by atoms with van der Waals surface area (Å²) in [5.41, 5.74) is 4.23. The Balaban J connectivity index is 2.87. The van der Waals surface area contributed by atoms with Crippen LogP contribution in [0.15, 0.2) is 24.3 Å². The number of rotatable bonds is 4. The minimum absolute atomic E-state index is 0.100. The molecule has 0 aliphatic heterocycles. The van der Waals surface area contributed by atoms with Crippen molar-refractivity contribution in [3.63, 3.8) is 0 Å². The Hall–Kier alpha value is -1.55. The van der Waals surface area contributed by atoms with E-state index >= 15 is 0 Å². The number of amides is 1. The molecule has 0 aliphatic carbocycles. The number of benzene rings is 1. The Morgan fingerprint density at radius 3 is 2.60 bits per heavy atom. The van der Waals surface area contributed by atoms with E-state index in [0.29, 0.717) is 5.56 Å². The highest BCUT2D eigenvalue weighted by molar-refractivity contribution is 5.99. The quantitative estimate of drug-likeness (QED) is 0.732. The van der Waals surface area contributed by atoms with Gasteiger partial charge in [0.25, 0.3) is 5.91 Å². The van der Waals surface area contributed by atoms with Gasteiger partial charge in [-0.05, 0) is 19.1 Å². The Labute approximate surface area is 90.2 Å². The largest absolute Gasteiger partial charge is 0.385 e. The Kier molecular flexibility index (Phi) is 4.12. The van der Waals surface area contributed by atoms with Crippen molar-refractivity contribution < 1.29 is 4.79 Å². The minimum atomic E-state index is -0.100. The molecule has 1 amide bonds. The van der Waals surface area contributed by atoms with Crippen molar-refractivity contribution in [3.05, 3.63) is 29.8 Å². The fourth-order valence-corrected chi connectivity index (χ4v) is 1.29. The van der Waals surface area contributed by atoms with Crippen molar-refractivity contribution in [2.24, 2.45) is 0 Å². The van der Waals surface area contributed by atoms with Gasteiger partial charge in [0.15, 0.2) is 0 Å². The Bertz CT molecular complexity index is 336. The van der Waals surface area contributed by atoms with Crippen molar-refractivity contribution in [3.8, 4) is 0 Å². The van der Waals surface area contributed by atoms with E-state index in [2.05, 4.69) is 10.7 Å². The normalized spacial score (nSPS) is 10.1. The van der Waals surface area contributed by atoms with Gasteiger partial charge in [0.2, 0.25) is 0 Å². The number of nitrogens with zero attached hydrogens (tertiary/aromatic N) is 1. The van der Waals surface area contributed by atoms with E-state index in [1.165, 1.54) is 0 Å². The van der Waals surface area contributed by atoms with Crippen molar-refractivity contribution >= 4 is 11.6 Å². The molecule has 4 nitrogen and oxygen atoms in total. The smallest absolute Gasteiger partial charge is 0.267 e. The molecule has 0 spiro atoms. The van der Waals surface area contributed by atoms with Crippen LogP contribution in [-0.4, -0.2) is 31.6 Å². The fourth-order valence-electron chi connectivity index (χ4n) is 1.29. The van der Waals surface area contributed by atoms with Crippen LogP contribution in [-0.2, 0) is 0 Å². The standard InChI is InChI=1S/C11H17N3O/c1-4-12-10-8-6-5-7-9(10)11(15)13-14(2)3/h5-8,12H,4H2,1-3H3,(H,13,15). The summed E-state index contributed by atoms with van der Waals surface area (Å²) in [4.78, 5) is 11.8. The van der Waals surface area contributed by atoms with E-state index < -0.39 is 0 Å². The number of para-hydroxylation sites is 1. The number of hydrogen-bond donors (Lipinski definition) is 2. The van der Waals surface area contributed by atoms with Crippen LogP contribution < -0.4 is 10.7 Å². The zero-order valence-electron chi connectivity index (χ0n) is 9.37. The topological polar surface area (TPSA) is 44.4 Å². The molecule has 1 aromatic rings. The number of hydrogen-bond acceptors (Lipinski definition) is 3. The zero-order valence-corrected chi connectivity index (χ0v) is 9.37. The average molecular weight is 207 g/mol. The number of carbonyl (C=O) groups excluding carboxylic acids is 1. The lowest BCUT2D eigenvalue weighted by molar-refractivity contribution is 0.0858. The second-order valence-electron chi connectivity index (χ2n) is 3.41. The molecule has 0 saturated carbocycles.